The second-order valence-electron chi connectivity index (χ2n) is 4.70. The molecule has 19 heavy (non-hydrogen) atoms. The summed E-state index contributed by atoms with van der Waals surface area (Å²) in [5.74, 6) is 0.0458. The van der Waals surface area contributed by atoms with Crippen LogP contribution in [0.4, 0.5) is 0 Å². The normalized spacial score (nSPS) is 22.5. The summed E-state index contributed by atoms with van der Waals surface area (Å²) in [5.41, 5.74) is 1.67. The van der Waals surface area contributed by atoms with Gasteiger partial charge in [-0.1, -0.05) is 12.1 Å². The van der Waals surface area contributed by atoms with Gasteiger partial charge in [0.15, 0.2) is 0 Å². The molecule has 102 valence electrons. The maximum absolute atomic E-state index is 11.7. The molecule has 0 aliphatic carbocycles. The van der Waals surface area contributed by atoms with Crippen LogP contribution in [0.1, 0.15) is 36.2 Å². The van der Waals surface area contributed by atoms with E-state index in [1.165, 1.54) is 0 Å². The smallest absolute Gasteiger partial charge is 0.338 e. The highest BCUT2D eigenvalue weighted by Crippen LogP contribution is 2.32. The van der Waals surface area contributed by atoms with Gasteiger partial charge in [-0.25, -0.2) is 4.79 Å². The third kappa shape index (κ3) is 3.60. The van der Waals surface area contributed by atoms with Crippen molar-refractivity contribution in [2.45, 2.75) is 37.2 Å². The zero-order chi connectivity index (χ0) is 13.8. The van der Waals surface area contributed by atoms with Crippen molar-refractivity contribution in [3.05, 3.63) is 35.4 Å². The second kappa shape index (κ2) is 6.24. The first kappa shape index (κ1) is 14.1. The van der Waals surface area contributed by atoms with E-state index in [-0.39, 0.29) is 11.2 Å². The van der Waals surface area contributed by atoms with E-state index >= 15 is 0 Å². The van der Waals surface area contributed by atoms with Gasteiger partial charge in [0, 0.05) is 11.7 Å². The Hall–Kier alpha value is -1.29. The SMILES string of the molecule is CCOC(=O)c1cccc(CC2CC(=O)C(C)S2)c1. The second-order valence-corrected chi connectivity index (χ2v) is 6.34. The molecule has 0 spiro atoms. The summed E-state index contributed by atoms with van der Waals surface area (Å²) >= 11 is 1.73. The summed E-state index contributed by atoms with van der Waals surface area (Å²) in [6.45, 7) is 4.14. The molecule has 3 nitrogen and oxygen atoms in total. The van der Waals surface area contributed by atoms with E-state index in [1.807, 2.05) is 25.1 Å². The lowest BCUT2D eigenvalue weighted by atomic mass is 10.0. The van der Waals surface area contributed by atoms with Gasteiger partial charge < -0.3 is 4.74 Å². The van der Waals surface area contributed by atoms with Crippen LogP contribution in [0.25, 0.3) is 0 Å². The lowest BCUT2D eigenvalue weighted by molar-refractivity contribution is -0.117. The van der Waals surface area contributed by atoms with Crippen molar-refractivity contribution in [2.24, 2.45) is 0 Å². The molecule has 4 heteroatoms. The van der Waals surface area contributed by atoms with Crippen molar-refractivity contribution in [2.75, 3.05) is 6.61 Å². The zero-order valence-electron chi connectivity index (χ0n) is 11.2. The summed E-state index contributed by atoms with van der Waals surface area (Å²) in [7, 11) is 0. The first-order chi connectivity index (χ1) is 9.10. The molecular formula is C15H18O3S. The monoisotopic (exact) mass is 278 g/mol. The Bertz CT molecular complexity index is 484. The molecule has 0 aromatic heterocycles. The maximum Gasteiger partial charge on any atom is 0.338 e. The van der Waals surface area contributed by atoms with E-state index in [9.17, 15) is 9.59 Å². The van der Waals surface area contributed by atoms with Crippen LogP contribution in [-0.4, -0.2) is 28.9 Å². The number of hydrogen-bond acceptors (Lipinski definition) is 4. The molecule has 1 heterocycles. The molecule has 0 bridgehead atoms. The Balaban J connectivity index is 2.03. The van der Waals surface area contributed by atoms with Gasteiger partial charge in [0.25, 0.3) is 0 Å². The molecule has 2 rings (SSSR count). The fourth-order valence-electron chi connectivity index (χ4n) is 2.23. The van der Waals surface area contributed by atoms with Crippen LogP contribution in [0.15, 0.2) is 24.3 Å². The number of carbonyl (C=O) groups is 2. The number of thioether (sulfide) groups is 1. The van der Waals surface area contributed by atoms with Gasteiger partial charge >= 0.3 is 5.97 Å². The van der Waals surface area contributed by atoms with Gasteiger partial charge in [-0.2, -0.15) is 0 Å². The molecule has 1 fully saturated rings. The minimum Gasteiger partial charge on any atom is -0.462 e. The van der Waals surface area contributed by atoms with E-state index < -0.39 is 0 Å². The van der Waals surface area contributed by atoms with Crippen LogP contribution >= 0.6 is 11.8 Å². The largest absolute Gasteiger partial charge is 0.462 e. The number of rotatable bonds is 4. The van der Waals surface area contributed by atoms with Crippen molar-refractivity contribution >= 4 is 23.5 Å². The third-order valence-electron chi connectivity index (χ3n) is 3.18. The Morgan fingerprint density at radius 3 is 2.89 bits per heavy atom. The number of hydrogen-bond donors (Lipinski definition) is 0. The Morgan fingerprint density at radius 1 is 1.47 bits per heavy atom. The third-order valence-corrected chi connectivity index (χ3v) is 4.57. The lowest BCUT2D eigenvalue weighted by Gasteiger charge is -2.09. The molecule has 2 unspecified atom stereocenters. The van der Waals surface area contributed by atoms with E-state index in [2.05, 4.69) is 0 Å². The van der Waals surface area contributed by atoms with E-state index in [1.54, 1.807) is 24.8 Å². The summed E-state index contributed by atoms with van der Waals surface area (Å²) < 4.78 is 4.99. The van der Waals surface area contributed by atoms with Crippen molar-refractivity contribution in [3.8, 4) is 0 Å². The predicted octanol–water partition coefficient (Wildman–Crippen LogP) is 2.87. The molecule has 1 aromatic rings. The van der Waals surface area contributed by atoms with Crippen LogP contribution in [0.5, 0.6) is 0 Å². The molecule has 0 radical (unpaired) electrons. The molecule has 0 amide bonds. The van der Waals surface area contributed by atoms with Crippen molar-refractivity contribution in [3.63, 3.8) is 0 Å². The van der Waals surface area contributed by atoms with Crippen LogP contribution in [0, 0.1) is 0 Å². The van der Waals surface area contributed by atoms with Crippen LogP contribution in [0.2, 0.25) is 0 Å². The lowest BCUT2D eigenvalue weighted by Crippen LogP contribution is -2.08. The molecule has 1 saturated heterocycles. The highest BCUT2D eigenvalue weighted by atomic mass is 32.2. The Labute approximate surface area is 117 Å². The Morgan fingerprint density at radius 2 is 2.26 bits per heavy atom. The fourth-order valence-corrected chi connectivity index (χ4v) is 3.60. The van der Waals surface area contributed by atoms with Gasteiger partial charge in [-0.15, -0.1) is 11.8 Å². The number of carbonyl (C=O) groups excluding carboxylic acids is 2. The highest BCUT2D eigenvalue weighted by Gasteiger charge is 2.29. The molecule has 1 aromatic carbocycles. The summed E-state index contributed by atoms with van der Waals surface area (Å²) in [6.07, 6.45) is 1.46. The number of ketones is 1. The van der Waals surface area contributed by atoms with Crippen LogP contribution < -0.4 is 0 Å². The zero-order valence-corrected chi connectivity index (χ0v) is 12.0. The first-order valence-corrected chi connectivity index (χ1v) is 7.48. The molecular weight excluding hydrogens is 260 g/mol. The standard InChI is InChI=1S/C15H18O3S/c1-3-18-15(17)12-6-4-5-11(7-12)8-13-9-14(16)10(2)19-13/h4-7,10,13H,3,8-9H2,1-2H3. The number of ether oxygens (including phenoxy) is 1. The summed E-state index contributed by atoms with van der Waals surface area (Å²) in [5, 5.41) is 0.443. The van der Waals surface area contributed by atoms with Gasteiger partial charge in [-0.3, -0.25) is 4.79 Å². The molecule has 0 N–H and O–H groups in total. The predicted molar refractivity (Wildman–Crippen MR) is 76.6 cm³/mol. The van der Waals surface area contributed by atoms with Gasteiger partial charge in [0.2, 0.25) is 0 Å². The van der Waals surface area contributed by atoms with Crippen LogP contribution in [0.3, 0.4) is 0 Å². The molecule has 0 saturated carbocycles. The minimum absolute atomic E-state index is 0.109. The number of Topliss-reactive ketones (excluding diaryl/α,β-unsaturated/α-hetero) is 1. The van der Waals surface area contributed by atoms with Gasteiger partial charge in [0.1, 0.15) is 5.78 Å². The number of benzene rings is 1. The summed E-state index contributed by atoms with van der Waals surface area (Å²) in [4.78, 5) is 23.2. The van der Waals surface area contributed by atoms with Gasteiger partial charge in [-0.05, 0) is 38.0 Å². The topological polar surface area (TPSA) is 43.4 Å². The average Bonchev–Trinajstić information content (AvgIpc) is 2.69. The molecule has 2 atom stereocenters. The van der Waals surface area contributed by atoms with Crippen molar-refractivity contribution in [1.82, 2.24) is 0 Å². The van der Waals surface area contributed by atoms with E-state index in [0.29, 0.717) is 29.6 Å². The fraction of sp³-hybridized carbons (Fsp3) is 0.467. The first-order valence-electron chi connectivity index (χ1n) is 6.54. The quantitative estimate of drug-likeness (QED) is 0.794. The highest BCUT2D eigenvalue weighted by molar-refractivity contribution is 8.01. The molecule has 1 aliphatic heterocycles. The van der Waals surface area contributed by atoms with Crippen molar-refractivity contribution in [1.29, 1.82) is 0 Å². The maximum atomic E-state index is 11.7. The van der Waals surface area contributed by atoms with E-state index in [4.69, 9.17) is 4.74 Å². The average molecular weight is 278 g/mol. The van der Waals surface area contributed by atoms with Crippen molar-refractivity contribution < 1.29 is 14.3 Å². The van der Waals surface area contributed by atoms with Gasteiger partial charge in [0.05, 0.1) is 17.4 Å². The molecule has 1 aliphatic rings. The minimum atomic E-state index is -0.284. The Kier molecular flexibility index (Phi) is 4.64. The van der Waals surface area contributed by atoms with Crippen LogP contribution in [-0.2, 0) is 16.0 Å². The summed E-state index contributed by atoms with van der Waals surface area (Å²) in [6, 6.07) is 7.49. The van der Waals surface area contributed by atoms with E-state index in [0.717, 1.165) is 12.0 Å². The number of esters is 1.